The van der Waals surface area contributed by atoms with Crippen molar-refractivity contribution in [3.05, 3.63) is 71.7 Å². The number of halogens is 4. The summed E-state index contributed by atoms with van der Waals surface area (Å²) in [5, 5.41) is 9.66. The van der Waals surface area contributed by atoms with E-state index in [2.05, 4.69) is 15.5 Å². The van der Waals surface area contributed by atoms with Crippen LogP contribution in [0.25, 0.3) is 11.3 Å². The Hall–Kier alpha value is -3.21. The lowest BCUT2D eigenvalue weighted by Crippen LogP contribution is -2.38. The molecule has 1 fully saturated rings. The van der Waals surface area contributed by atoms with Gasteiger partial charge in [-0.1, -0.05) is 6.07 Å². The zero-order valence-corrected chi connectivity index (χ0v) is 19.3. The van der Waals surface area contributed by atoms with Crippen LogP contribution in [0.4, 0.5) is 17.6 Å². The first-order valence-corrected chi connectivity index (χ1v) is 12.7. The number of aromatic amines is 1. The van der Waals surface area contributed by atoms with Gasteiger partial charge in [-0.3, -0.25) is 9.89 Å². The molecule has 0 saturated heterocycles. The SMILES string of the molecule is O=C(N[C@H]1CC[C@H](CS(=O)(=O)c2cccc(C(F)(F)F)c2)CC1)c1cc(-c2ccc(F)cc2)n[nH]1. The molecule has 2 N–H and O–H groups in total. The zero-order valence-electron chi connectivity index (χ0n) is 18.5. The third-order valence-corrected chi connectivity index (χ3v) is 8.00. The van der Waals surface area contributed by atoms with Crippen molar-refractivity contribution < 1.29 is 30.8 Å². The fraction of sp³-hybridized carbons (Fsp3) is 0.333. The summed E-state index contributed by atoms with van der Waals surface area (Å²) in [5.74, 6) is -1.18. The summed E-state index contributed by atoms with van der Waals surface area (Å²) in [6.45, 7) is 0. The zero-order chi connectivity index (χ0) is 25.2. The van der Waals surface area contributed by atoms with E-state index in [0.717, 1.165) is 12.1 Å². The van der Waals surface area contributed by atoms with Gasteiger partial charge in [0.1, 0.15) is 11.5 Å². The summed E-state index contributed by atoms with van der Waals surface area (Å²) in [5.41, 5.74) is 0.410. The molecule has 1 aliphatic carbocycles. The summed E-state index contributed by atoms with van der Waals surface area (Å²) < 4.78 is 77.3. The Morgan fingerprint density at radius 1 is 1.03 bits per heavy atom. The van der Waals surface area contributed by atoms with E-state index in [4.69, 9.17) is 0 Å². The Morgan fingerprint density at radius 2 is 1.71 bits per heavy atom. The van der Waals surface area contributed by atoms with Crippen LogP contribution in [0.5, 0.6) is 0 Å². The number of benzene rings is 2. The van der Waals surface area contributed by atoms with Crippen molar-refractivity contribution in [1.82, 2.24) is 15.5 Å². The minimum absolute atomic E-state index is 0.160. The molecule has 4 rings (SSSR count). The second-order valence-electron chi connectivity index (χ2n) is 8.67. The number of sulfone groups is 1. The molecule has 11 heteroatoms. The molecule has 0 spiro atoms. The van der Waals surface area contributed by atoms with Crippen molar-refractivity contribution in [2.45, 2.75) is 42.8 Å². The average molecular weight is 510 g/mol. The normalized spacial score (nSPS) is 18.9. The molecule has 0 bridgehead atoms. The van der Waals surface area contributed by atoms with Crippen molar-refractivity contribution in [3.8, 4) is 11.3 Å². The molecule has 0 radical (unpaired) electrons. The van der Waals surface area contributed by atoms with Gasteiger partial charge in [-0.25, -0.2) is 12.8 Å². The summed E-state index contributed by atoms with van der Waals surface area (Å²) in [7, 11) is -3.88. The molecule has 0 aliphatic heterocycles. The highest BCUT2D eigenvalue weighted by Crippen LogP contribution is 2.32. The maximum absolute atomic E-state index is 13.1. The summed E-state index contributed by atoms with van der Waals surface area (Å²) in [4.78, 5) is 12.3. The predicted octanol–water partition coefficient (Wildman–Crippen LogP) is 5.00. The van der Waals surface area contributed by atoms with E-state index in [0.29, 0.717) is 43.0 Å². The van der Waals surface area contributed by atoms with Crippen LogP contribution in [-0.4, -0.2) is 36.3 Å². The second-order valence-corrected chi connectivity index (χ2v) is 10.7. The molecule has 1 heterocycles. The fourth-order valence-electron chi connectivity index (χ4n) is 4.22. The van der Waals surface area contributed by atoms with Crippen LogP contribution in [0.15, 0.2) is 59.5 Å². The Bertz CT molecular complexity index is 1300. The van der Waals surface area contributed by atoms with Gasteiger partial charge in [-0.15, -0.1) is 0 Å². The number of hydrogen-bond acceptors (Lipinski definition) is 4. The van der Waals surface area contributed by atoms with Crippen molar-refractivity contribution in [2.75, 3.05) is 5.75 Å². The minimum Gasteiger partial charge on any atom is -0.348 e. The van der Waals surface area contributed by atoms with Crippen LogP contribution in [0.1, 0.15) is 41.7 Å². The molecule has 2 aromatic carbocycles. The smallest absolute Gasteiger partial charge is 0.348 e. The molecule has 0 unspecified atom stereocenters. The van der Waals surface area contributed by atoms with Gasteiger partial charge in [0.15, 0.2) is 9.84 Å². The van der Waals surface area contributed by atoms with Crippen LogP contribution < -0.4 is 5.32 Å². The number of nitrogens with one attached hydrogen (secondary N) is 2. The predicted molar refractivity (Wildman–Crippen MR) is 121 cm³/mol. The highest BCUT2D eigenvalue weighted by molar-refractivity contribution is 7.91. The number of nitrogens with zero attached hydrogens (tertiary/aromatic N) is 1. The first-order valence-electron chi connectivity index (χ1n) is 11.0. The minimum atomic E-state index is -4.61. The Labute approximate surface area is 199 Å². The third kappa shape index (κ3) is 6.08. The summed E-state index contributed by atoms with van der Waals surface area (Å²) in [6, 6.07) is 10.9. The van der Waals surface area contributed by atoms with Gasteiger partial charge < -0.3 is 5.32 Å². The van der Waals surface area contributed by atoms with Gasteiger partial charge in [-0.05, 0) is 80.1 Å². The number of H-pyrrole nitrogens is 1. The van der Waals surface area contributed by atoms with E-state index in [1.54, 1.807) is 18.2 Å². The molecule has 0 atom stereocenters. The first-order chi connectivity index (χ1) is 16.5. The van der Waals surface area contributed by atoms with E-state index < -0.39 is 21.6 Å². The lowest BCUT2D eigenvalue weighted by molar-refractivity contribution is -0.137. The quantitative estimate of drug-likeness (QED) is 0.458. The molecule has 3 aromatic rings. The van der Waals surface area contributed by atoms with E-state index in [-0.39, 0.29) is 40.0 Å². The molecule has 1 aromatic heterocycles. The van der Waals surface area contributed by atoms with E-state index in [1.807, 2.05) is 0 Å². The molecule has 1 saturated carbocycles. The first kappa shape index (κ1) is 24.9. The van der Waals surface area contributed by atoms with Gasteiger partial charge >= 0.3 is 6.18 Å². The second kappa shape index (κ2) is 9.80. The number of carbonyl (C=O) groups is 1. The Morgan fingerprint density at radius 3 is 2.37 bits per heavy atom. The number of rotatable bonds is 6. The monoisotopic (exact) mass is 509 g/mol. The topological polar surface area (TPSA) is 91.9 Å². The highest BCUT2D eigenvalue weighted by atomic mass is 32.2. The van der Waals surface area contributed by atoms with Crippen molar-refractivity contribution in [2.24, 2.45) is 5.92 Å². The van der Waals surface area contributed by atoms with Gasteiger partial charge in [0.25, 0.3) is 5.91 Å². The largest absolute Gasteiger partial charge is 0.416 e. The number of amides is 1. The molecular weight excluding hydrogens is 486 g/mol. The van der Waals surface area contributed by atoms with Gasteiger partial charge in [-0.2, -0.15) is 18.3 Å². The Kier molecular flexibility index (Phi) is 6.98. The lowest BCUT2D eigenvalue weighted by atomic mass is 9.87. The average Bonchev–Trinajstić information content (AvgIpc) is 3.31. The summed E-state index contributed by atoms with van der Waals surface area (Å²) in [6.07, 6.45) is -2.48. The van der Waals surface area contributed by atoms with Crippen LogP contribution in [-0.2, 0) is 16.0 Å². The fourth-order valence-corrected chi connectivity index (χ4v) is 5.95. The molecule has 1 aliphatic rings. The van der Waals surface area contributed by atoms with E-state index >= 15 is 0 Å². The Balaban J connectivity index is 1.31. The highest BCUT2D eigenvalue weighted by Gasteiger charge is 2.33. The maximum atomic E-state index is 13.1. The number of alkyl halides is 3. The third-order valence-electron chi connectivity index (χ3n) is 6.12. The molecule has 186 valence electrons. The van der Waals surface area contributed by atoms with E-state index in [1.165, 1.54) is 18.2 Å². The van der Waals surface area contributed by atoms with Crippen LogP contribution >= 0.6 is 0 Å². The van der Waals surface area contributed by atoms with Gasteiger partial charge in [0, 0.05) is 11.6 Å². The van der Waals surface area contributed by atoms with Crippen LogP contribution in [0.3, 0.4) is 0 Å². The van der Waals surface area contributed by atoms with Crippen molar-refractivity contribution >= 4 is 15.7 Å². The van der Waals surface area contributed by atoms with E-state index in [9.17, 15) is 30.8 Å². The van der Waals surface area contributed by atoms with Crippen molar-refractivity contribution in [1.29, 1.82) is 0 Å². The number of carbonyl (C=O) groups excluding carboxylic acids is 1. The molecular formula is C24H23F4N3O3S. The maximum Gasteiger partial charge on any atom is 0.416 e. The lowest BCUT2D eigenvalue weighted by Gasteiger charge is -2.28. The van der Waals surface area contributed by atoms with Gasteiger partial charge in [0.05, 0.1) is 21.9 Å². The molecule has 1 amide bonds. The number of aromatic nitrogens is 2. The standard InChI is InChI=1S/C24H23F4N3O3S/c25-18-8-6-16(7-9-18)21-13-22(31-30-21)23(32)29-19-10-4-15(5-11-19)14-35(33,34)20-3-1-2-17(12-20)24(26,27)28/h1-3,6-9,12-13,15,19H,4-5,10-11,14H2,(H,29,32)(H,30,31)/t15-,19-. The molecule has 35 heavy (non-hydrogen) atoms. The van der Waals surface area contributed by atoms with Crippen LogP contribution in [0, 0.1) is 11.7 Å². The van der Waals surface area contributed by atoms with Gasteiger partial charge in [0.2, 0.25) is 0 Å². The molecule has 6 nitrogen and oxygen atoms in total. The summed E-state index contributed by atoms with van der Waals surface area (Å²) >= 11 is 0. The van der Waals surface area contributed by atoms with Crippen LogP contribution in [0.2, 0.25) is 0 Å². The number of hydrogen-bond donors (Lipinski definition) is 2. The van der Waals surface area contributed by atoms with Crippen molar-refractivity contribution in [3.63, 3.8) is 0 Å².